The van der Waals surface area contributed by atoms with Crippen LogP contribution in [0.25, 0.3) is 0 Å². The molecule has 0 aliphatic carbocycles. The van der Waals surface area contributed by atoms with Gasteiger partial charge >= 0.3 is 5.97 Å². The molecule has 0 fully saturated rings. The summed E-state index contributed by atoms with van der Waals surface area (Å²) in [6.45, 7) is 4.58. The minimum Gasteiger partial charge on any atom is -0.427 e. The van der Waals surface area contributed by atoms with Crippen LogP contribution in [0.3, 0.4) is 0 Å². The van der Waals surface area contributed by atoms with Crippen molar-refractivity contribution in [2.75, 3.05) is 0 Å². The third-order valence-corrected chi connectivity index (χ3v) is 8.68. The smallest absolute Gasteiger partial charge is 0.311 e. The van der Waals surface area contributed by atoms with Gasteiger partial charge in [0.15, 0.2) is 0 Å². The Morgan fingerprint density at radius 2 is 0.854 bits per heavy atom. The highest BCUT2D eigenvalue weighted by atomic mass is 16.5. The second-order valence-corrected chi connectivity index (χ2v) is 12.8. The quantitative estimate of drug-likeness (QED) is 0.0504. The molecular weight excluding hydrogens is 500 g/mol. The molecule has 0 aliphatic heterocycles. The Bertz CT molecular complexity index is 682. The van der Waals surface area contributed by atoms with Crippen molar-refractivity contribution in [3.05, 3.63) is 29.8 Å². The van der Waals surface area contributed by atoms with Gasteiger partial charge in [-0.2, -0.15) is 0 Å². The topological polar surface area (TPSA) is 26.3 Å². The number of esters is 1. The van der Waals surface area contributed by atoms with Crippen molar-refractivity contribution in [2.24, 2.45) is 0 Å². The molecule has 0 saturated heterocycles. The summed E-state index contributed by atoms with van der Waals surface area (Å²) in [6, 6.07) is 8.21. The van der Waals surface area contributed by atoms with Crippen molar-refractivity contribution in [2.45, 2.75) is 206 Å². The molecule has 1 rings (SSSR count). The highest BCUT2D eigenvalue weighted by Crippen LogP contribution is 2.19. The standard InChI is InChI=1S/C39H70O2/c1-3-5-7-9-11-13-15-17-18-20-22-24-26-28-30-35-39(40)41-38-34-31-33-37(36-38)32-29-27-25-23-21-19-16-14-12-10-8-6-4-2/h31,33-34,36H,3-30,32,35H2,1-2H3. The molecule has 0 aliphatic rings. The van der Waals surface area contributed by atoms with E-state index < -0.39 is 0 Å². The van der Waals surface area contributed by atoms with Gasteiger partial charge in [0.1, 0.15) is 5.75 Å². The van der Waals surface area contributed by atoms with Gasteiger partial charge in [-0.05, 0) is 37.0 Å². The number of carbonyl (C=O) groups excluding carboxylic acids is 1. The molecular formula is C39H70O2. The van der Waals surface area contributed by atoms with Crippen LogP contribution in [0.5, 0.6) is 5.75 Å². The summed E-state index contributed by atoms with van der Waals surface area (Å²) < 4.78 is 5.65. The molecule has 0 heterocycles. The number of rotatable bonds is 31. The molecule has 0 bridgehead atoms. The molecule has 1 aromatic rings. The van der Waals surface area contributed by atoms with Crippen LogP contribution in [0.15, 0.2) is 24.3 Å². The van der Waals surface area contributed by atoms with E-state index in [1.165, 1.54) is 173 Å². The fraction of sp³-hybridized carbons (Fsp3) is 0.821. The van der Waals surface area contributed by atoms with E-state index in [9.17, 15) is 4.79 Å². The molecule has 0 radical (unpaired) electrons. The first-order valence-corrected chi connectivity index (χ1v) is 18.6. The van der Waals surface area contributed by atoms with Crippen LogP contribution in [0.4, 0.5) is 0 Å². The van der Waals surface area contributed by atoms with Crippen LogP contribution in [0, 0.1) is 0 Å². The van der Waals surface area contributed by atoms with E-state index in [-0.39, 0.29) is 5.97 Å². The van der Waals surface area contributed by atoms with Crippen molar-refractivity contribution in [1.82, 2.24) is 0 Å². The number of hydrogen-bond acceptors (Lipinski definition) is 2. The van der Waals surface area contributed by atoms with Gasteiger partial charge in [0, 0.05) is 6.42 Å². The molecule has 0 spiro atoms. The van der Waals surface area contributed by atoms with Gasteiger partial charge in [-0.3, -0.25) is 4.79 Å². The van der Waals surface area contributed by atoms with Gasteiger partial charge in [0.2, 0.25) is 0 Å². The van der Waals surface area contributed by atoms with E-state index in [2.05, 4.69) is 26.0 Å². The predicted molar refractivity (Wildman–Crippen MR) is 181 cm³/mol. The summed E-state index contributed by atoms with van der Waals surface area (Å²) in [5.74, 6) is 0.654. The normalized spacial score (nSPS) is 11.3. The number of ether oxygens (including phenoxy) is 1. The van der Waals surface area contributed by atoms with E-state index in [1.54, 1.807) is 0 Å². The fourth-order valence-electron chi connectivity index (χ4n) is 5.93. The van der Waals surface area contributed by atoms with Crippen molar-refractivity contribution >= 4 is 5.97 Å². The minimum atomic E-state index is -0.0715. The molecule has 0 atom stereocenters. The van der Waals surface area contributed by atoms with Crippen molar-refractivity contribution in [3.63, 3.8) is 0 Å². The lowest BCUT2D eigenvalue weighted by Gasteiger charge is -2.07. The average molecular weight is 571 g/mol. The molecule has 1 aromatic carbocycles. The molecule has 0 unspecified atom stereocenters. The summed E-state index contributed by atoms with van der Waals surface area (Å²) in [6.07, 6.45) is 39.8. The molecule has 0 N–H and O–H groups in total. The summed E-state index contributed by atoms with van der Waals surface area (Å²) in [7, 11) is 0. The van der Waals surface area contributed by atoms with Gasteiger partial charge < -0.3 is 4.74 Å². The van der Waals surface area contributed by atoms with Gasteiger partial charge in [-0.1, -0.05) is 193 Å². The highest BCUT2D eigenvalue weighted by Gasteiger charge is 2.06. The first-order valence-electron chi connectivity index (χ1n) is 18.6. The van der Waals surface area contributed by atoms with Crippen LogP contribution in [-0.4, -0.2) is 5.97 Å². The summed E-state index contributed by atoms with van der Waals surface area (Å²) >= 11 is 0. The van der Waals surface area contributed by atoms with Gasteiger partial charge in [0.25, 0.3) is 0 Å². The van der Waals surface area contributed by atoms with Crippen LogP contribution < -0.4 is 4.74 Å². The zero-order valence-corrected chi connectivity index (χ0v) is 27.8. The van der Waals surface area contributed by atoms with Crippen LogP contribution in [0.2, 0.25) is 0 Å². The Hall–Kier alpha value is -1.31. The first kappa shape index (κ1) is 37.7. The monoisotopic (exact) mass is 571 g/mol. The van der Waals surface area contributed by atoms with Crippen molar-refractivity contribution < 1.29 is 9.53 Å². The molecule has 0 amide bonds. The maximum atomic E-state index is 12.3. The average Bonchev–Trinajstić information content (AvgIpc) is 2.97. The van der Waals surface area contributed by atoms with Crippen molar-refractivity contribution in [3.8, 4) is 5.75 Å². The Kier molecular flexibility index (Phi) is 27.7. The lowest BCUT2D eigenvalue weighted by atomic mass is 10.0. The fourth-order valence-corrected chi connectivity index (χ4v) is 5.93. The third kappa shape index (κ3) is 26.1. The van der Waals surface area contributed by atoms with Crippen LogP contribution in [0.1, 0.15) is 206 Å². The second kappa shape index (κ2) is 30.2. The van der Waals surface area contributed by atoms with E-state index in [0.29, 0.717) is 6.42 Å². The van der Waals surface area contributed by atoms with E-state index in [4.69, 9.17) is 4.74 Å². The second-order valence-electron chi connectivity index (χ2n) is 12.8. The molecule has 0 aromatic heterocycles. The Morgan fingerprint density at radius 1 is 0.488 bits per heavy atom. The molecule has 41 heavy (non-hydrogen) atoms. The SMILES string of the molecule is CCCCCCCCCCCCCCCCCC(=O)Oc1cccc(CCCCCCCCCCCCCCC)c1. The number of unbranched alkanes of at least 4 members (excludes halogenated alkanes) is 26. The first-order chi connectivity index (χ1) is 20.3. The largest absolute Gasteiger partial charge is 0.427 e. The van der Waals surface area contributed by atoms with E-state index in [0.717, 1.165) is 25.0 Å². The van der Waals surface area contributed by atoms with Gasteiger partial charge in [-0.25, -0.2) is 0 Å². The number of carbonyl (C=O) groups is 1. The lowest BCUT2D eigenvalue weighted by molar-refractivity contribution is -0.134. The number of benzene rings is 1. The Balaban J connectivity index is 1.93. The van der Waals surface area contributed by atoms with E-state index in [1.807, 2.05) is 12.1 Å². The summed E-state index contributed by atoms with van der Waals surface area (Å²) in [4.78, 5) is 12.3. The third-order valence-electron chi connectivity index (χ3n) is 8.68. The molecule has 2 heteroatoms. The van der Waals surface area contributed by atoms with Gasteiger partial charge in [-0.15, -0.1) is 0 Å². The van der Waals surface area contributed by atoms with Crippen LogP contribution >= 0.6 is 0 Å². The lowest BCUT2D eigenvalue weighted by Crippen LogP contribution is -2.07. The number of aryl methyl sites for hydroxylation is 1. The minimum absolute atomic E-state index is 0.0715. The summed E-state index contributed by atoms with van der Waals surface area (Å²) in [5.41, 5.74) is 1.30. The van der Waals surface area contributed by atoms with Crippen molar-refractivity contribution in [1.29, 1.82) is 0 Å². The predicted octanol–water partition coefficient (Wildman–Crippen LogP) is 13.5. The number of hydrogen-bond donors (Lipinski definition) is 0. The molecule has 238 valence electrons. The highest BCUT2D eigenvalue weighted by molar-refractivity contribution is 5.72. The zero-order valence-electron chi connectivity index (χ0n) is 27.8. The molecule has 2 nitrogen and oxygen atoms in total. The maximum absolute atomic E-state index is 12.3. The summed E-state index contributed by atoms with van der Waals surface area (Å²) in [5, 5.41) is 0. The maximum Gasteiger partial charge on any atom is 0.311 e. The molecule has 0 saturated carbocycles. The Morgan fingerprint density at radius 3 is 1.27 bits per heavy atom. The van der Waals surface area contributed by atoms with Crippen LogP contribution in [-0.2, 0) is 11.2 Å². The Labute approximate surface area is 257 Å². The van der Waals surface area contributed by atoms with Gasteiger partial charge in [0.05, 0.1) is 0 Å². The van der Waals surface area contributed by atoms with E-state index >= 15 is 0 Å². The zero-order chi connectivity index (χ0) is 29.5.